The topological polar surface area (TPSA) is 59.5 Å². The van der Waals surface area contributed by atoms with Gasteiger partial charge in [0, 0.05) is 12.1 Å². The molecule has 0 saturated heterocycles. The van der Waals surface area contributed by atoms with Gasteiger partial charge in [0.15, 0.2) is 5.69 Å². The molecule has 4 heteroatoms. The number of hydrogen-bond donors (Lipinski definition) is 2. The molecule has 15 heavy (non-hydrogen) atoms. The summed E-state index contributed by atoms with van der Waals surface area (Å²) in [5.74, 6) is -0.158. The minimum atomic E-state index is -0.158. The van der Waals surface area contributed by atoms with Crippen LogP contribution in [-0.4, -0.2) is 19.0 Å². The van der Waals surface area contributed by atoms with Gasteiger partial charge in [-0.15, -0.1) is 0 Å². The lowest BCUT2D eigenvalue weighted by Gasteiger charge is -2.04. The highest BCUT2D eigenvalue weighted by atomic mass is 16.1. The number of rotatable bonds is 4. The Morgan fingerprint density at radius 3 is 3.00 bits per heavy atom. The first-order valence-corrected chi connectivity index (χ1v) is 4.73. The van der Waals surface area contributed by atoms with Crippen LogP contribution >= 0.6 is 0 Å². The summed E-state index contributed by atoms with van der Waals surface area (Å²) in [4.78, 5) is 14.8. The molecular formula is C11H13N3O. The van der Waals surface area contributed by atoms with Gasteiger partial charge >= 0.3 is 0 Å². The van der Waals surface area contributed by atoms with E-state index in [1.807, 2.05) is 0 Å². The second-order valence-corrected chi connectivity index (χ2v) is 3.06. The zero-order valence-corrected chi connectivity index (χ0v) is 8.36. The first kappa shape index (κ1) is 11.2. The Morgan fingerprint density at radius 2 is 2.33 bits per heavy atom. The van der Waals surface area contributed by atoms with Crippen LogP contribution in [0.1, 0.15) is 16.8 Å². The fourth-order valence-corrected chi connectivity index (χ4v) is 1.12. The zero-order valence-electron chi connectivity index (χ0n) is 8.36. The number of amides is 1. The van der Waals surface area contributed by atoms with Crippen molar-refractivity contribution < 1.29 is 4.79 Å². The molecule has 1 aromatic carbocycles. The summed E-state index contributed by atoms with van der Waals surface area (Å²) in [6.07, 6.45) is 0.758. The van der Waals surface area contributed by atoms with Crippen molar-refractivity contribution >= 4 is 11.6 Å². The number of nitrogens with one attached hydrogen (secondary N) is 1. The van der Waals surface area contributed by atoms with Crippen molar-refractivity contribution in [2.45, 2.75) is 6.42 Å². The molecule has 78 valence electrons. The number of carbonyl (C=O) groups excluding carboxylic acids is 1. The van der Waals surface area contributed by atoms with Crippen molar-refractivity contribution in [2.75, 3.05) is 13.1 Å². The number of nitrogens with two attached hydrogens (primary N) is 1. The summed E-state index contributed by atoms with van der Waals surface area (Å²) in [6, 6.07) is 6.63. The molecule has 1 rings (SSSR count). The van der Waals surface area contributed by atoms with Gasteiger partial charge in [-0.1, -0.05) is 18.2 Å². The molecule has 3 N–H and O–H groups in total. The van der Waals surface area contributed by atoms with Crippen LogP contribution in [-0.2, 0) is 0 Å². The normalized spacial score (nSPS) is 9.33. The van der Waals surface area contributed by atoms with Crippen LogP contribution in [0.25, 0.3) is 4.85 Å². The fraction of sp³-hybridized carbons (Fsp3) is 0.273. The highest BCUT2D eigenvalue weighted by Crippen LogP contribution is 2.13. The van der Waals surface area contributed by atoms with Gasteiger partial charge in [0.2, 0.25) is 5.91 Å². The Balaban J connectivity index is 2.62. The van der Waals surface area contributed by atoms with Gasteiger partial charge in [-0.3, -0.25) is 4.79 Å². The van der Waals surface area contributed by atoms with E-state index < -0.39 is 0 Å². The Bertz CT molecular complexity index is 382. The molecule has 0 saturated carbocycles. The Hall–Kier alpha value is -1.86. The molecule has 0 aliphatic heterocycles. The minimum absolute atomic E-state index is 0.158. The van der Waals surface area contributed by atoms with Gasteiger partial charge in [-0.25, -0.2) is 4.85 Å². The van der Waals surface area contributed by atoms with Crippen LogP contribution in [0.5, 0.6) is 0 Å². The highest BCUT2D eigenvalue weighted by molar-refractivity contribution is 5.95. The molecule has 0 spiro atoms. The monoisotopic (exact) mass is 203 g/mol. The average Bonchev–Trinajstić information content (AvgIpc) is 2.29. The second-order valence-electron chi connectivity index (χ2n) is 3.06. The quantitative estimate of drug-likeness (QED) is 0.572. The summed E-state index contributed by atoms with van der Waals surface area (Å²) >= 11 is 0. The maximum absolute atomic E-state index is 11.5. The molecule has 4 nitrogen and oxygen atoms in total. The zero-order chi connectivity index (χ0) is 11.1. The van der Waals surface area contributed by atoms with E-state index in [0.29, 0.717) is 24.3 Å². The summed E-state index contributed by atoms with van der Waals surface area (Å²) in [5.41, 5.74) is 6.30. The van der Waals surface area contributed by atoms with Crippen LogP contribution in [0.2, 0.25) is 0 Å². The predicted octanol–water partition coefficient (Wildman–Crippen LogP) is 1.32. The maximum Gasteiger partial charge on any atom is 0.250 e. The van der Waals surface area contributed by atoms with E-state index >= 15 is 0 Å². The molecule has 0 radical (unpaired) electrons. The summed E-state index contributed by atoms with van der Waals surface area (Å²) < 4.78 is 0. The third kappa shape index (κ3) is 3.41. The van der Waals surface area contributed by atoms with Gasteiger partial charge in [0.25, 0.3) is 0 Å². The van der Waals surface area contributed by atoms with E-state index in [9.17, 15) is 4.79 Å². The van der Waals surface area contributed by atoms with Gasteiger partial charge in [0.05, 0.1) is 6.57 Å². The van der Waals surface area contributed by atoms with Crippen molar-refractivity contribution in [3.63, 3.8) is 0 Å². The molecule has 0 heterocycles. The number of nitrogens with zero attached hydrogens (tertiary/aromatic N) is 1. The molecule has 0 bridgehead atoms. The maximum atomic E-state index is 11.5. The van der Waals surface area contributed by atoms with Gasteiger partial charge in [0.1, 0.15) is 0 Å². The van der Waals surface area contributed by atoms with Gasteiger partial charge < -0.3 is 11.1 Å². The minimum Gasteiger partial charge on any atom is -0.352 e. The smallest absolute Gasteiger partial charge is 0.250 e. The molecule has 1 aromatic rings. The lowest BCUT2D eigenvalue weighted by atomic mass is 10.2. The Labute approximate surface area is 88.9 Å². The summed E-state index contributed by atoms with van der Waals surface area (Å²) in [6.45, 7) is 7.95. The fourth-order valence-electron chi connectivity index (χ4n) is 1.12. The third-order valence-corrected chi connectivity index (χ3v) is 1.90. The van der Waals surface area contributed by atoms with Crippen LogP contribution < -0.4 is 11.1 Å². The van der Waals surface area contributed by atoms with E-state index in [2.05, 4.69) is 10.2 Å². The molecule has 0 atom stereocenters. The van der Waals surface area contributed by atoms with E-state index in [4.69, 9.17) is 12.3 Å². The van der Waals surface area contributed by atoms with Crippen LogP contribution in [0.4, 0.5) is 5.69 Å². The van der Waals surface area contributed by atoms with Crippen molar-refractivity contribution in [1.82, 2.24) is 5.32 Å². The molecule has 0 aliphatic rings. The van der Waals surface area contributed by atoms with E-state index in [0.717, 1.165) is 6.42 Å². The number of benzene rings is 1. The summed E-state index contributed by atoms with van der Waals surface area (Å²) in [7, 11) is 0. The van der Waals surface area contributed by atoms with Gasteiger partial charge in [-0.05, 0) is 19.0 Å². The third-order valence-electron chi connectivity index (χ3n) is 1.90. The number of hydrogen-bond acceptors (Lipinski definition) is 2. The van der Waals surface area contributed by atoms with Gasteiger partial charge in [-0.2, -0.15) is 0 Å². The highest BCUT2D eigenvalue weighted by Gasteiger charge is 2.04. The first-order chi connectivity index (χ1) is 7.27. The molecule has 1 amide bonds. The Morgan fingerprint density at radius 1 is 1.53 bits per heavy atom. The standard InChI is InChI=1S/C11H13N3O/c1-13-10-5-2-4-9(8-10)11(15)14-7-3-6-12/h2,4-5,8H,3,6-7,12H2,(H,14,15). The molecule has 0 fully saturated rings. The van der Waals surface area contributed by atoms with Crippen molar-refractivity contribution in [1.29, 1.82) is 0 Å². The van der Waals surface area contributed by atoms with Crippen molar-refractivity contribution in [2.24, 2.45) is 5.73 Å². The lowest BCUT2D eigenvalue weighted by Crippen LogP contribution is -2.25. The van der Waals surface area contributed by atoms with E-state index in [1.54, 1.807) is 24.3 Å². The Kier molecular flexibility index (Phi) is 4.32. The van der Waals surface area contributed by atoms with E-state index in [1.165, 1.54) is 0 Å². The lowest BCUT2D eigenvalue weighted by molar-refractivity contribution is 0.0953. The molecule has 0 aliphatic carbocycles. The van der Waals surface area contributed by atoms with E-state index in [-0.39, 0.29) is 5.91 Å². The second kappa shape index (κ2) is 5.78. The van der Waals surface area contributed by atoms with Crippen molar-refractivity contribution in [3.8, 4) is 0 Å². The average molecular weight is 203 g/mol. The van der Waals surface area contributed by atoms with Crippen LogP contribution in [0.15, 0.2) is 24.3 Å². The molecular weight excluding hydrogens is 190 g/mol. The summed E-state index contributed by atoms with van der Waals surface area (Å²) in [5, 5.41) is 2.73. The van der Waals surface area contributed by atoms with Crippen LogP contribution in [0, 0.1) is 6.57 Å². The van der Waals surface area contributed by atoms with Crippen LogP contribution in [0.3, 0.4) is 0 Å². The predicted molar refractivity (Wildman–Crippen MR) is 58.7 cm³/mol. The molecule has 0 aromatic heterocycles. The largest absolute Gasteiger partial charge is 0.352 e. The van der Waals surface area contributed by atoms with Crippen molar-refractivity contribution in [3.05, 3.63) is 41.2 Å². The first-order valence-electron chi connectivity index (χ1n) is 4.73. The molecule has 0 unspecified atom stereocenters. The SMILES string of the molecule is [C-]#[N+]c1cccc(C(=O)NCCCN)c1. The number of carbonyl (C=O) groups is 1.